The van der Waals surface area contributed by atoms with Crippen LogP contribution in [0.5, 0.6) is 0 Å². The molecule has 56 valence electrons. The minimum Gasteiger partial charge on any atom is -0.247 e. The summed E-state index contributed by atoms with van der Waals surface area (Å²) in [5.74, 6) is 2.01. The van der Waals surface area contributed by atoms with Crippen molar-refractivity contribution >= 4 is 6.15 Å². The molecule has 0 bridgehead atoms. The second-order valence-corrected chi connectivity index (χ2v) is 1.79. The fourth-order valence-corrected chi connectivity index (χ4v) is 0.306. The average Bonchev–Trinajstić information content (AvgIpc) is 1.90. The maximum atomic E-state index is 11.7. The van der Waals surface area contributed by atoms with Crippen LogP contribution in [0.15, 0.2) is 0 Å². The maximum absolute atomic E-state index is 11.7. The van der Waals surface area contributed by atoms with Gasteiger partial charge in [-0.1, -0.05) is 0 Å². The molecule has 0 spiro atoms. The van der Waals surface area contributed by atoms with Gasteiger partial charge in [-0.25, -0.2) is 29.0 Å². The summed E-state index contributed by atoms with van der Waals surface area (Å²) in [6.45, 7) is 0. The molecule has 0 saturated heterocycles. The van der Waals surface area contributed by atoms with Gasteiger partial charge in [0.05, 0.1) is 0 Å². The number of alkyl halides is 3. The Morgan fingerprint density at radius 3 is 1.17 bits per heavy atom. The summed E-state index contributed by atoms with van der Waals surface area (Å²) in [6, 6.07) is 0. The van der Waals surface area contributed by atoms with Gasteiger partial charge in [-0.15, -0.1) is 17.9 Å². The second kappa shape index (κ2) is 4.38. The summed E-state index contributed by atoms with van der Waals surface area (Å²) in [6.07, 6.45) is -9.24. The van der Waals surface area contributed by atoms with Gasteiger partial charge in [-0.2, -0.15) is 0 Å². The molecule has 0 unspecified atom stereocenters. The van der Waals surface area contributed by atoms with Crippen molar-refractivity contribution in [2.45, 2.75) is 6.08 Å². The predicted molar refractivity (Wildman–Crippen MR) is 28.6 cm³/mol. The largest absolute Gasteiger partial charge is 1.00 e. The fourth-order valence-electron chi connectivity index (χ4n) is 0.306. The van der Waals surface area contributed by atoms with Crippen molar-refractivity contribution in [2.24, 2.45) is 0 Å². The van der Waals surface area contributed by atoms with Crippen LogP contribution in [0.2, 0.25) is 0 Å². The van der Waals surface area contributed by atoms with Crippen LogP contribution < -0.4 is 29.6 Å². The average molecular weight is 181 g/mol. The zero-order chi connectivity index (χ0) is 9.12. The fraction of sp³-hybridized carbons (Fsp3) is 0.250. The van der Waals surface area contributed by atoms with E-state index in [0.29, 0.717) is 17.9 Å². The van der Waals surface area contributed by atoms with E-state index in [1.54, 1.807) is 0 Å². The van der Waals surface area contributed by atoms with E-state index in [4.69, 9.17) is 15.8 Å². The molecule has 0 aromatic carbocycles. The van der Waals surface area contributed by atoms with Crippen molar-refractivity contribution in [1.82, 2.24) is 0 Å². The van der Waals surface area contributed by atoms with Gasteiger partial charge in [0.1, 0.15) is 0 Å². The van der Waals surface area contributed by atoms with Gasteiger partial charge in [0, 0.05) is 0 Å². The Kier molecular flexibility index (Phi) is 5.06. The molecule has 0 atom stereocenters. The van der Waals surface area contributed by atoms with Gasteiger partial charge in [0.15, 0.2) is 0 Å². The Morgan fingerprint density at radius 2 is 1.17 bits per heavy atom. The molecule has 3 nitrogen and oxygen atoms in total. The summed E-state index contributed by atoms with van der Waals surface area (Å²) >= 11 is 0. The summed E-state index contributed by atoms with van der Waals surface area (Å²) in [5.41, 5.74) is 0. The number of halogens is 3. The Morgan fingerprint density at radius 1 is 0.917 bits per heavy atom. The van der Waals surface area contributed by atoms with E-state index in [9.17, 15) is 13.2 Å². The van der Waals surface area contributed by atoms with E-state index in [1.165, 1.54) is 0 Å². The summed E-state index contributed by atoms with van der Waals surface area (Å²) in [7, 11) is 0. The number of hydrogen-bond acceptors (Lipinski definition) is 3. The third-order valence-electron chi connectivity index (χ3n) is 1.07. The summed E-state index contributed by atoms with van der Waals surface area (Å²) in [4.78, 5) is 0. The summed E-state index contributed by atoms with van der Waals surface area (Å²) in [5, 5.41) is 23.8. The molecule has 8 heteroatoms. The van der Waals surface area contributed by atoms with Gasteiger partial charge in [0.2, 0.25) is 0 Å². The first-order valence-corrected chi connectivity index (χ1v) is 2.39. The van der Waals surface area contributed by atoms with E-state index in [1.807, 2.05) is 0 Å². The molecule has 0 saturated carbocycles. The van der Waals surface area contributed by atoms with Crippen molar-refractivity contribution in [1.29, 1.82) is 15.8 Å². The molecule has 0 rings (SSSR count). The SMILES string of the molecule is N#C[B-](C#N)(C#N)C(F)(F)F.[Na+]. The van der Waals surface area contributed by atoms with Crippen LogP contribution in [-0.4, -0.2) is 12.2 Å². The van der Waals surface area contributed by atoms with Crippen LogP contribution in [0.3, 0.4) is 0 Å². The van der Waals surface area contributed by atoms with Gasteiger partial charge in [-0.3, -0.25) is 0 Å². The molecular formula is C4BF3N3Na. The normalized spacial score (nSPS) is 10.0. The van der Waals surface area contributed by atoms with Crippen molar-refractivity contribution in [3.63, 3.8) is 0 Å². The first-order chi connectivity index (χ1) is 4.93. The van der Waals surface area contributed by atoms with E-state index in [2.05, 4.69) is 0 Å². The maximum Gasteiger partial charge on any atom is 1.00 e. The topological polar surface area (TPSA) is 71.4 Å². The molecule has 0 radical (unpaired) electrons. The van der Waals surface area contributed by atoms with Gasteiger partial charge in [-0.05, 0) is 0 Å². The van der Waals surface area contributed by atoms with Gasteiger partial charge < -0.3 is 0 Å². The molecule has 0 aliphatic carbocycles. The first kappa shape index (κ1) is 13.9. The van der Waals surface area contributed by atoms with Crippen molar-refractivity contribution < 1.29 is 42.7 Å². The first-order valence-electron chi connectivity index (χ1n) is 2.39. The molecule has 0 amide bonds. The van der Waals surface area contributed by atoms with Crippen LogP contribution in [-0.2, 0) is 0 Å². The smallest absolute Gasteiger partial charge is 0.247 e. The third kappa shape index (κ3) is 2.15. The van der Waals surface area contributed by atoms with Gasteiger partial charge >= 0.3 is 35.7 Å². The summed E-state index contributed by atoms with van der Waals surface area (Å²) < 4.78 is 35.2. The zero-order valence-electron chi connectivity index (χ0n) is 6.05. The van der Waals surface area contributed by atoms with Crippen molar-refractivity contribution in [3.05, 3.63) is 0 Å². The van der Waals surface area contributed by atoms with E-state index >= 15 is 0 Å². The Hall–Kier alpha value is -0.675. The number of nitriles is 3. The van der Waals surface area contributed by atoms with E-state index in [-0.39, 0.29) is 29.6 Å². The number of nitrogens with zero attached hydrogens (tertiary/aromatic N) is 3. The van der Waals surface area contributed by atoms with E-state index < -0.39 is 12.2 Å². The van der Waals surface area contributed by atoms with Crippen LogP contribution in [0.25, 0.3) is 0 Å². The molecule has 12 heavy (non-hydrogen) atoms. The van der Waals surface area contributed by atoms with Gasteiger partial charge in [0.25, 0.3) is 6.08 Å². The Balaban J connectivity index is 0. The van der Waals surface area contributed by atoms with Crippen molar-refractivity contribution in [2.75, 3.05) is 0 Å². The Bertz CT molecular complexity index is 244. The number of hydrogen-bond donors (Lipinski definition) is 0. The molecular weight excluding hydrogens is 181 g/mol. The van der Waals surface area contributed by atoms with Crippen LogP contribution in [0.1, 0.15) is 0 Å². The second-order valence-electron chi connectivity index (χ2n) is 1.79. The molecule has 0 heterocycles. The minimum absolute atomic E-state index is 0. The molecule has 0 N–H and O–H groups in total. The molecule has 0 aliphatic rings. The molecule has 0 aromatic rings. The molecule has 0 fully saturated rings. The zero-order valence-corrected chi connectivity index (χ0v) is 8.05. The molecule has 0 aliphatic heterocycles. The van der Waals surface area contributed by atoms with E-state index in [0.717, 1.165) is 0 Å². The Labute approximate surface area is 88.6 Å². The number of rotatable bonds is 0. The quantitative estimate of drug-likeness (QED) is 0.395. The van der Waals surface area contributed by atoms with Crippen LogP contribution >= 0.6 is 0 Å². The minimum atomic E-state index is -5.06. The predicted octanol–water partition coefficient (Wildman–Crippen LogP) is -2.27. The van der Waals surface area contributed by atoms with Crippen LogP contribution in [0.4, 0.5) is 13.2 Å². The van der Waals surface area contributed by atoms with Crippen molar-refractivity contribution in [3.8, 4) is 17.9 Å². The monoisotopic (exact) mass is 181 g/mol. The standard InChI is InChI=1S/C4BF3N3.Na/c6-4(7,8)5(1-9,2-10)3-11;/q-1;+1. The van der Waals surface area contributed by atoms with Crippen LogP contribution in [0, 0.1) is 33.7 Å². The molecule has 0 aromatic heterocycles. The third-order valence-corrected chi connectivity index (χ3v) is 1.07.